The molecule has 1 rings (SSSR count). The Labute approximate surface area is 101 Å². The highest BCUT2D eigenvalue weighted by Gasteiger charge is 2.20. The Balaban J connectivity index is 2.13. The summed E-state index contributed by atoms with van der Waals surface area (Å²) in [5.41, 5.74) is 5.72. The van der Waals surface area contributed by atoms with E-state index in [4.69, 9.17) is 5.73 Å². The molecule has 0 aromatic rings. The van der Waals surface area contributed by atoms with Crippen LogP contribution in [0.2, 0.25) is 0 Å². The molecule has 0 spiro atoms. The molecule has 0 heterocycles. The van der Waals surface area contributed by atoms with Gasteiger partial charge in [0.15, 0.2) is 0 Å². The van der Waals surface area contributed by atoms with Crippen molar-refractivity contribution in [1.82, 2.24) is 9.80 Å². The maximum atomic E-state index is 5.72. The molecule has 0 bridgehead atoms. The summed E-state index contributed by atoms with van der Waals surface area (Å²) in [7, 11) is 6.53. The fraction of sp³-hybridized carbons (Fsp3) is 1.00. The molecular weight excluding hydrogens is 198 g/mol. The molecule has 0 aliphatic heterocycles. The van der Waals surface area contributed by atoms with Gasteiger partial charge in [-0.3, -0.25) is 0 Å². The topological polar surface area (TPSA) is 32.5 Å². The Hall–Kier alpha value is -0.120. The van der Waals surface area contributed by atoms with Gasteiger partial charge in [-0.1, -0.05) is 0 Å². The van der Waals surface area contributed by atoms with Crippen molar-refractivity contribution in [2.24, 2.45) is 17.6 Å². The lowest BCUT2D eigenvalue weighted by Gasteiger charge is -2.31. The maximum Gasteiger partial charge on any atom is 0.0106 e. The van der Waals surface area contributed by atoms with Crippen molar-refractivity contribution in [3.8, 4) is 0 Å². The zero-order valence-corrected chi connectivity index (χ0v) is 11.3. The first-order valence-electron chi connectivity index (χ1n) is 6.65. The highest BCUT2D eigenvalue weighted by Crippen LogP contribution is 2.28. The monoisotopic (exact) mass is 227 g/mol. The lowest BCUT2D eigenvalue weighted by atomic mass is 9.82. The van der Waals surface area contributed by atoms with E-state index in [0.29, 0.717) is 0 Å². The zero-order valence-electron chi connectivity index (χ0n) is 11.3. The Morgan fingerprint density at radius 3 is 2.00 bits per heavy atom. The smallest absolute Gasteiger partial charge is 0.0106 e. The van der Waals surface area contributed by atoms with Gasteiger partial charge in [0.05, 0.1) is 0 Å². The van der Waals surface area contributed by atoms with E-state index >= 15 is 0 Å². The minimum Gasteiger partial charge on any atom is -0.330 e. The second-order valence-electron chi connectivity index (χ2n) is 5.69. The molecule has 0 unspecified atom stereocenters. The van der Waals surface area contributed by atoms with Crippen LogP contribution in [0.15, 0.2) is 0 Å². The van der Waals surface area contributed by atoms with E-state index in [0.717, 1.165) is 24.9 Å². The standard InChI is InChI=1S/C13H29N3/c1-15(2)8-9-16(3)11-13-6-4-12(10-14)5-7-13/h12-13H,4-11,14H2,1-3H3. The van der Waals surface area contributed by atoms with E-state index in [1.807, 2.05) is 0 Å². The molecule has 16 heavy (non-hydrogen) atoms. The van der Waals surface area contributed by atoms with Crippen LogP contribution in [0.5, 0.6) is 0 Å². The summed E-state index contributed by atoms with van der Waals surface area (Å²) < 4.78 is 0. The quantitative estimate of drug-likeness (QED) is 0.741. The Bertz CT molecular complexity index is 174. The summed E-state index contributed by atoms with van der Waals surface area (Å²) in [6.07, 6.45) is 5.47. The van der Waals surface area contributed by atoms with Crippen molar-refractivity contribution < 1.29 is 0 Å². The number of hydrogen-bond donors (Lipinski definition) is 1. The van der Waals surface area contributed by atoms with Gasteiger partial charge in [0.2, 0.25) is 0 Å². The molecule has 0 saturated heterocycles. The fourth-order valence-electron chi connectivity index (χ4n) is 2.55. The Morgan fingerprint density at radius 2 is 1.50 bits per heavy atom. The largest absolute Gasteiger partial charge is 0.330 e. The van der Waals surface area contributed by atoms with Crippen LogP contribution < -0.4 is 5.73 Å². The second kappa shape index (κ2) is 7.25. The van der Waals surface area contributed by atoms with Crippen LogP contribution in [0.25, 0.3) is 0 Å². The van der Waals surface area contributed by atoms with Crippen molar-refractivity contribution in [2.45, 2.75) is 25.7 Å². The molecular formula is C13H29N3. The van der Waals surface area contributed by atoms with Crippen LogP contribution in [0, 0.1) is 11.8 Å². The van der Waals surface area contributed by atoms with Gasteiger partial charge in [0.25, 0.3) is 0 Å². The summed E-state index contributed by atoms with van der Waals surface area (Å²) in [6.45, 7) is 4.51. The van der Waals surface area contributed by atoms with E-state index in [1.165, 1.54) is 38.8 Å². The van der Waals surface area contributed by atoms with Crippen LogP contribution in [-0.4, -0.2) is 57.1 Å². The first kappa shape index (κ1) is 13.9. The molecule has 3 nitrogen and oxygen atoms in total. The lowest BCUT2D eigenvalue weighted by Crippen LogP contribution is -2.34. The molecule has 1 aliphatic carbocycles. The van der Waals surface area contributed by atoms with Gasteiger partial charge in [0, 0.05) is 19.6 Å². The average molecular weight is 227 g/mol. The zero-order chi connectivity index (χ0) is 12.0. The summed E-state index contributed by atoms with van der Waals surface area (Å²) in [4.78, 5) is 4.73. The van der Waals surface area contributed by atoms with Gasteiger partial charge >= 0.3 is 0 Å². The molecule has 2 N–H and O–H groups in total. The van der Waals surface area contributed by atoms with E-state index < -0.39 is 0 Å². The van der Waals surface area contributed by atoms with E-state index in [2.05, 4.69) is 30.9 Å². The molecule has 0 radical (unpaired) electrons. The highest BCUT2D eigenvalue weighted by atomic mass is 15.1. The average Bonchev–Trinajstić information content (AvgIpc) is 2.27. The predicted molar refractivity (Wildman–Crippen MR) is 70.6 cm³/mol. The van der Waals surface area contributed by atoms with Crippen molar-refractivity contribution >= 4 is 0 Å². The van der Waals surface area contributed by atoms with Crippen LogP contribution in [-0.2, 0) is 0 Å². The SMILES string of the molecule is CN(C)CCN(C)CC1CCC(CN)CC1. The van der Waals surface area contributed by atoms with Crippen molar-refractivity contribution in [3.63, 3.8) is 0 Å². The molecule has 96 valence electrons. The van der Waals surface area contributed by atoms with Crippen LogP contribution in [0.4, 0.5) is 0 Å². The number of nitrogens with two attached hydrogens (primary N) is 1. The van der Waals surface area contributed by atoms with Crippen LogP contribution in [0.3, 0.4) is 0 Å². The van der Waals surface area contributed by atoms with E-state index in [1.54, 1.807) is 0 Å². The number of hydrogen-bond acceptors (Lipinski definition) is 3. The van der Waals surface area contributed by atoms with Gasteiger partial charge in [0.1, 0.15) is 0 Å². The van der Waals surface area contributed by atoms with E-state index in [9.17, 15) is 0 Å². The number of nitrogens with zero attached hydrogens (tertiary/aromatic N) is 2. The predicted octanol–water partition coefficient (Wildman–Crippen LogP) is 1.24. The molecule has 0 aromatic carbocycles. The van der Waals surface area contributed by atoms with Crippen molar-refractivity contribution in [1.29, 1.82) is 0 Å². The minimum absolute atomic E-state index is 0.809. The molecule has 0 atom stereocenters. The lowest BCUT2D eigenvalue weighted by molar-refractivity contribution is 0.195. The molecule has 1 fully saturated rings. The summed E-state index contributed by atoms with van der Waals surface area (Å²) in [5.74, 6) is 1.72. The van der Waals surface area contributed by atoms with Crippen LogP contribution in [0.1, 0.15) is 25.7 Å². The normalized spacial score (nSPS) is 26.6. The van der Waals surface area contributed by atoms with Gasteiger partial charge in [-0.15, -0.1) is 0 Å². The van der Waals surface area contributed by atoms with Crippen molar-refractivity contribution in [2.75, 3.05) is 47.3 Å². The maximum absolute atomic E-state index is 5.72. The number of rotatable bonds is 6. The molecule has 1 saturated carbocycles. The third-order valence-electron chi connectivity index (χ3n) is 3.80. The second-order valence-corrected chi connectivity index (χ2v) is 5.69. The molecule has 1 aliphatic rings. The third kappa shape index (κ3) is 5.28. The third-order valence-corrected chi connectivity index (χ3v) is 3.80. The van der Waals surface area contributed by atoms with Gasteiger partial charge in [-0.05, 0) is 65.2 Å². The fourth-order valence-corrected chi connectivity index (χ4v) is 2.55. The highest BCUT2D eigenvalue weighted by molar-refractivity contribution is 4.75. The van der Waals surface area contributed by atoms with Crippen molar-refractivity contribution in [3.05, 3.63) is 0 Å². The van der Waals surface area contributed by atoms with Gasteiger partial charge in [-0.25, -0.2) is 0 Å². The summed E-state index contributed by atoms with van der Waals surface area (Å²) >= 11 is 0. The summed E-state index contributed by atoms with van der Waals surface area (Å²) in [6, 6.07) is 0. The summed E-state index contributed by atoms with van der Waals surface area (Å²) in [5, 5.41) is 0. The minimum atomic E-state index is 0.809. The molecule has 0 amide bonds. The van der Waals surface area contributed by atoms with Gasteiger partial charge < -0.3 is 15.5 Å². The van der Waals surface area contributed by atoms with Gasteiger partial charge in [-0.2, -0.15) is 0 Å². The first-order valence-corrected chi connectivity index (χ1v) is 6.65. The van der Waals surface area contributed by atoms with E-state index in [-0.39, 0.29) is 0 Å². The first-order chi connectivity index (χ1) is 7.61. The Kier molecular flexibility index (Phi) is 6.32. The number of likely N-dealkylation sites (N-methyl/N-ethyl adjacent to an activating group) is 2. The molecule has 0 aromatic heterocycles. The Morgan fingerprint density at radius 1 is 0.938 bits per heavy atom. The van der Waals surface area contributed by atoms with Crippen LogP contribution >= 0.6 is 0 Å². The molecule has 3 heteroatoms.